The molecule has 3 N–H and O–H groups in total. The SMILES string of the molecule is CCCCN(CC(C)(N)C(F)(F)F)C(=O)O. The predicted octanol–water partition coefficient (Wildman–Crippen LogP) is 2.05. The average Bonchev–Trinajstić information content (AvgIpc) is 2.09. The van der Waals surface area contributed by atoms with E-state index in [0.717, 1.165) is 6.92 Å². The van der Waals surface area contributed by atoms with Gasteiger partial charge in [0.2, 0.25) is 0 Å². The number of rotatable bonds is 5. The second-order valence-electron chi connectivity index (χ2n) is 3.97. The van der Waals surface area contributed by atoms with Crippen molar-refractivity contribution in [2.45, 2.75) is 38.4 Å². The quantitative estimate of drug-likeness (QED) is 0.775. The average molecular weight is 242 g/mol. The summed E-state index contributed by atoms with van der Waals surface area (Å²) in [5, 5.41) is 8.73. The molecule has 0 spiro atoms. The first kappa shape index (κ1) is 15.0. The Kier molecular flexibility index (Phi) is 5.05. The zero-order valence-electron chi connectivity index (χ0n) is 9.34. The van der Waals surface area contributed by atoms with E-state index in [1.165, 1.54) is 0 Å². The number of carboxylic acid groups (broad SMARTS) is 1. The van der Waals surface area contributed by atoms with Crippen molar-refractivity contribution in [2.75, 3.05) is 13.1 Å². The molecule has 0 radical (unpaired) electrons. The number of amides is 1. The first-order valence-electron chi connectivity index (χ1n) is 4.95. The van der Waals surface area contributed by atoms with E-state index in [4.69, 9.17) is 10.8 Å². The molecule has 0 rings (SSSR count). The maximum Gasteiger partial charge on any atom is 0.407 e. The highest BCUT2D eigenvalue weighted by atomic mass is 19.4. The van der Waals surface area contributed by atoms with Crippen LogP contribution in [0, 0.1) is 0 Å². The van der Waals surface area contributed by atoms with Crippen molar-refractivity contribution >= 4 is 6.09 Å². The Morgan fingerprint density at radius 1 is 1.44 bits per heavy atom. The van der Waals surface area contributed by atoms with Crippen LogP contribution in [0.1, 0.15) is 26.7 Å². The Morgan fingerprint density at radius 3 is 2.25 bits per heavy atom. The van der Waals surface area contributed by atoms with Crippen LogP contribution >= 0.6 is 0 Å². The molecule has 1 amide bonds. The van der Waals surface area contributed by atoms with E-state index >= 15 is 0 Å². The molecule has 0 aliphatic rings. The lowest BCUT2D eigenvalue weighted by Gasteiger charge is -2.32. The number of hydrogen-bond donors (Lipinski definition) is 2. The third kappa shape index (κ3) is 4.26. The number of hydrogen-bond acceptors (Lipinski definition) is 2. The van der Waals surface area contributed by atoms with Crippen molar-refractivity contribution in [2.24, 2.45) is 5.73 Å². The minimum atomic E-state index is -4.62. The van der Waals surface area contributed by atoms with E-state index in [2.05, 4.69) is 0 Å². The summed E-state index contributed by atoms with van der Waals surface area (Å²) in [5.41, 5.74) is 2.56. The standard InChI is InChI=1S/C9H17F3N2O2/c1-3-4-5-14(7(15)16)6-8(2,13)9(10,11)12/h3-6,13H2,1-2H3,(H,15,16). The number of alkyl halides is 3. The highest BCUT2D eigenvalue weighted by Crippen LogP contribution is 2.28. The fourth-order valence-electron chi connectivity index (χ4n) is 1.08. The van der Waals surface area contributed by atoms with Crippen molar-refractivity contribution in [3.05, 3.63) is 0 Å². The summed E-state index contributed by atoms with van der Waals surface area (Å²) in [5.74, 6) is 0. The molecule has 1 unspecified atom stereocenters. The van der Waals surface area contributed by atoms with Gasteiger partial charge >= 0.3 is 12.3 Å². The van der Waals surface area contributed by atoms with Crippen LogP contribution in [0.2, 0.25) is 0 Å². The van der Waals surface area contributed by atoms with E-state index in [9.17, 15) is 18.0 Å². The van der Waals surface area contributed by atoms with E-state index in [0.29, 0.717) is 17.7 Å². The van der Waals surface area contributed by atoms with Crippen molar-refractivity contribution in [1.82, 2.24) is 4.90 Å². The van der Waals surface area contributed by atoms with Gasteiger partial charge in [0.05, 0.1) is 6.54 Å². The molecule has 0 fully saturated rings. The molecule has 0 aliphatic heterocycles. The Labute approximate surface area is 92.2 Å². The summed E-state index contributed by atoms with van der Waals surface area (Å²) in [6.07, 6.45) is -4.78. The number of nitrogens with zero attached hydrogens (tertiary/aromatic N) is 1. The van der Waals surface area contributed by atoms with Gasteiger partial charge in [-0.15, -0.1) is 0 Å². The lowest BCUT2D eigenvalue weighted by atomic mass is 10.0. The molecular weight excluding hydrogens is 225 g/mol. The van der Waals surface area contributed by atoms with E-state index in [1.54, 1.807) is 0 Å². The summed E-state index contributed by atoms with van der Waals surface area (Å²) in [7, 11) is 0. The molecule has 0 bridgehead atoms. The van der Waals surface area contributed by atoms with Crippen LogP contribution in [-0.2, 0) is 0 Å². The van der Waals surface area contributed by atoms with Gasteiger partial charge in [-0.25, -0.2) is 4.79 Å². The largest absolute Gasteiger partial charge is 0.465 e. The minimum Gasteiger partial charge on any atom is -0.465 e. The summed E-state index contributed by atoms with van der Waals surface area (Å²) in [6.45, 7) is 1.93. The molecule has 0 aromatic rings. The lowest BCUT2D eigenvalue weighted by Crippen LogP contribution is -2.59. The van der Waals surface area contributed by atoms with Gasteiger partial charge in [-0.05, 0) is 13.3 Å². The molecule has 0 aliphatic carbocycles. The van der Waals surface area contributed by atoms with Crippen LogP contribution in [0.15, 0.2) is 0 Å². The van der Waals surface area contributed by atoms with Crippen LogP contribution in [0.3, 0.4) is 0 Å². The van der Waals surface area contributed by atoms with Gasteiger partial charge in [-0.2, -0.15) is 13.2 Å². The third-order valence-electron chi connectivity index (χ3n) is 2.22. The highest BCUT2D eigenvalue weighted by Gasteiger charge is 2.49. The van der Waals surface area contributed by atoms with E-state index in [-0.39, 0.29) is 6.54 Å². The number of unbranched alkanes of at least 4 members (excludes halogenated alkanes) is 1. The van der Waals surface area contributed by atoms with Crippen LogP contribution < -0.4 is 5.73 Å². The monoisotopic (exact) mass is 242 g/mol. The normalized spacial score (nSPS) is 15.6. The summed E-state index contributed by atoms with van der Waals surface area (Å²) < 4.78 is 37.3. The Balaban J connectivity index is 4.56. The van der Waals surface area contributed by atoms with Gasteiger partial charge in [0.25, 0.3) is 0 Å². The van der Waals surface area contributed by atoms with Gasteiger partial charge in [-0.3, -0.25) is 0 Å². The maximum atomic E-state index is 12.4. The molecule has 0 aromatic heterocycles. The minimum absolute atomic E-state index is 0.0642. The van der Waals surface area contributed by atoms with Crippen LogP contribution in [0.5, 0.6) is 0 Å². The highest BCUT2D eigenvalue weighted by molar-refractivity contribution is 5.65. The van der Waals surface area contributed by atoms with Gasteiger partial charge < -0.3 is 15.7 Å². The Morgan fingerprint density at radius 2 is 1.94 bits per heavy atom. The second-order valence-corrected chi connectivity index (χ2v) is 3.97. The summed E-state index contributed by atoms with van der Waals surface area (Å²) >= 11 is 0. The Bertz CT molecular complexity index is 241. The number of nitrogens with two attached hydrogens (primary N) is 1. The topological polar surface area (TPSA) is 66.6 Å². The molecule has 0 aromatic carbocycles. The zero-order chi connectivity index (χ0) is 13.0. The first-order chi connectivity index (χ1) is 7.12. The molecule has 0 heterocycles. The predicted molar refractivity (Wildman–Crippen MR) is 53.2 cm³/mol. The smallest absolute Gasteiger partial charge is 0.407 e. The molecular formula is C9H17F3N2O2. The third-order valence-corrected chi connectivity index (χ3v) is 2.22. The number of carbonyl (C=O) groups is 1. The second kappa shape index (κ2) is 5.38. The molecule has 7 heteroatoms. The van der Waals surface area contributed by atoms with Crippen molar-refractivity contribution in [3.8, 4) is 0 Å². The van der Waals surface area contributed by atoms with Crippen molar-refractivity contribution in [3.63, 3.8) is 0 Å². The van der Waals surface area contributed by atoms with E-state index in [1.807, 2.05) is 6.92 Å². The summed E-state index contributed by atoms with van der Waals surface area (Å²) in [4.78, 5) is 11.4. The Hall–Kier alpha value is -0.980. The fraction of sp³-hybridized carbons (Fsp3) is 0.889. The molecule has 4 nitrogen and oxygen atoms in total. The van der Waals surface area contributed by atoms with Crippen LogP contribution in [-0.4, -0.2) is 40.9 Å². The van der Waals surface area contributed by atoms with E-state index < -0.39 is 24.4 Å². The zero-order valence-corrected chi connectivity index (χ0v) is 9.34. The summed E-state index contributed by atoms with van der Waals surface area (Å²) in [6, 6.07) is 0. The molecule has 16 heavy (non-hydrogen) atoms. The molecule has 1 atom stereocenters. The first-order valence-corrected chi connectivity index (χ1v) is 4.95. The molecule has 96 valence electrons. The molecule has 0 saturated heterocycles. The van der Waals surface area contributed by atoms with Gasteiger partial charge in [0.15, 0.2) is 0 Å². The molecule has 0 saturated carbocycles. The number of halogens is 3. The van der Waals surface area contributed by atoms with Crippen LogP contribution in [0.25, 0.3) is 0 Å². The van der Waals surface area contributed by atoms with Crippen molar-refractivity contribution < 1.29 is 23.1 Å². The maximum absolute atomic E-state index is 12.4. The lowest BCUT2D eigenvalue weighted by molar-refractivity contribution is -0.184. The fourth-order valence-corrected chi connectivity index (χ4v) is 1.08. The van der Waals surface area contributed by atoms with Gasteiger partial charge in [-0.1, -0.05) is 13.3 Å². The van der Waals surface area contributed by atoms with Gasteiger partial charge in [0.1, 0.15) is 5.54 Å². The van der Waals surface area contributed by atoms with Gasteiger partial charge in [0, 0.05) is 6.54 Å². The van der Waals surface area contributed by atoms with Crippen LogP contribution in [0.4, 0.5) is 18.0 Å². The van der Waals surface area contributed by atoms with Crippen molar-refractivity contribution in [1.29, 1.82) is 0 Å².